The largest absolute Gasteiger partial charge is 0.394 e. The minimum Gasteiger partial charge on any atom is -0.394 e. The molecule has 0 radical (unpaired) electrons. The van der Waals surface area contributed by atoms with Gasteiger partial charge in [-0.25, -0.2) is 0 Å². The maximum absolute atomic E-state index is 12.3. The number of piperidine rings is 1. The molecule has 6 nitrogen and oxygen atoms in total. The van der Waals surface area contributed by atoms with E-state index >= 15 is 0 Å². The Bertz CT molecular complexity index is 955. The van der Waals surface area contributed by atoms with E-state index in [1.54, 1.807) is 6.92 Å². The zero-order valence-corrected chi connectivity index (χ0v) is 16.7. The molecule has 6 heteroatoms. The zero-order valence-electron chi connectivity index (χ0n) is 16.7. The highest BCUT2D eigenvalue weighted by atomic mass is 16.3. The molecule has 1 atom stereocenters. The summed E-state index contributed by atoms with van der Waals surface area (Å²) in [6.07, 6.45) is 2.71. The van der Waals surface area contributed by atoms with E-state index in [2.05, 4.69) is 28.4 Å². The van der Waals surface area contributed by atoms with Crippen LogP contribution < -0.4 is 10.2 Å². The number of aliphatic hydroxyl groups excluding tert-OH is 2. The van der Waals surface area contributed by atoms with Crippen molar-refractivity contribution < 1.29 is 15.0 Å². The summed E-state index contributed by atoms with van der Waals surface area (Å²) in [5.41, 5.74) is 2.61. The molecular weight excluding hydrogens is 366 g/mol. The maximum Gasteiger partial charge on any atom is 0.262 e. The molecule has 3 rings (SSSR count). The number of benzene rings is 2. The monoisotopic (exact) mass is 393 g/mol. The van der Waals surface area contributed by atoms with Crippen LogP contribution in [0.15, 0.2) is 42.0 Å². The first-order chi connectivity index (χ1) is 14.0. The quantitative estimate of drug-likeness (QED) is 0.518. The van der Waals surface area contributed by atoms with Crippen LogP contribution in [0, 0.1) is 11.3 Å². The number of rotatable bonds is 6. The van der Waals surface area contributed by atoms with Gasteiger partial charge in [0.15, 0.2) is 0 Å². The Morgan fingerprint density at radius 2 is 1.86 bits per heavy atom. The van der Waals surface area contributed by atoms with E-state index < -0.39 is 18.6 Å². The first-order valence-electron chi connectivity index (χ1n) is 10.0. The summed E-state index contributed by atoms with van der Waals surface area (Å²) >= 11 is 0. The summed E-state index contributed by atoms with van der Waals surface area (Å²) in [4.78, 5) is 14.7. The van der Waals surface area contributed by atoms with E-state index in [0.29, 0.717) is 5.57 Å². The van der Waals surface area contributed by atoms with Gasteiger partial charge in [0.2, 0.25) is 0 Å². The third-order valence-electron chi connectivity index (χ3n) is 5.40. The van der Waals surface area contributed by atoms with Gasteiger partial charge in [0.25, 0.3) is 5.91 Å². The average Bonchev–Trinajstić information content (AvgIpc) is 2.77. The molecule has 1 amide bonds. The number of fused-ring (bicyclic) bond motifs is 1. The van der Waals surface area contributed by atoms with Crippen molar-refractivity contribution >= 4 is 27.9 Å². The highest BCUT2D eigenvalue weighted by molar-refractivity contribution is 6.05. The second-order valence-electron chi connectivity index (χ2n) is 7.45. The van der Waals surface area contributed by atoms with Crippen molar-refractivity contribution in [1.29, 1.82) is 5.26 Å². The number of carbonyl (C=O) groups is 1. The summed E-state index contributed by atoms with van der Waals surface area (Å²) in [5.74, 6) is -0.557. The smallest absolute Gasteiger partial charge is 0.262 e. The number of amides is 1. The molecule has 2 aromatic rings. The first kappa shape index (κ1) is 20.8. The fourth-order valence-electron chi connectivity index (χ4n) is 3.63. The van der Waals surface area contributed by atoms with Gasteiger partial charge < -0.3 is 20.4 Å². The lowest BCUT2D eigenvalue weighted by Gasteiger charge is -2.29. The van der Waals surface area contributed by atoms with Gasteiger partial charge in [-0.15, -0.1) is 0 Å². The molecule has 0 saturated carbocycles. The number of nitrogens with one attached hydrogen (secondary N) is 1. The Balaban J connectivity index is 1.85. The number of hydrogen-bond donors (Lipinski definition) is 3. The van der Waals surface area contributed by atoms with Gasteiger partial charge in [0, 0.05) is 25.3 Å². The molecule has 1 unspecified atom stereocenters. The molecule has 1 heterocycles. The van der Waals surface area contributed by atoms with Gasteiger partial charge in [-0.05, 0) is 66.3 Å². The SMILES string of the molecule is C/C(=C(\C#N)C(=O)NCC(O)CO)c1ccc2cc(N3CCCCC3)ccc2c1. The minimum absolute atomic E-state index is 0.000531. The van der Waals surface area contributed by atoms with Crippen LogP contribution in [0.25, 0.3) is 16.3 Å². The van der Waals surface area contributed by atoms with Gasteiger partial charge in [-0.3, -0.25) is 4.79 Å². The van der Waals surface area contributed by atoms with Crippen LogP contribution in [0.5, 0.6) is 0 Å². The second-order valence-corrected chi connectivity index (χ2v) is 7.45. The lowest BCUT2D eigenvalue weighted by Crippen LogP contribution is -2.34. The number of carbonyl (C=O) groups excluding carboxylic acids is 1. The van der Waals surface area contributed by atoms with Crippen molar-refractivity contribution in [3.05, 3.63) is 47.5 Å². The van der Waals surface area contributed by atoms with E-state index in [1.165, 1.54) is 24.9 Å². The first-order valence-corrected chi connectivity index (χ1v) is 10.0. The van der Waals surface area contributed by atoms with Crippen LogP contribution in [-0.4, -0.2) is 48.5 Å². The van der Waals surface area contributed by atoms with E-state index in [1.807, 2.05) is 24.3 Å². The topological polar surface area (TPSA) is 96.6 Å². The minimum atomic E-state index is -1.05. The number of nitrogens with zero attached hydrogens (tertiary/aromatic N) is 2. The van der Waals surface area contributed by atoms with Crippen LogP contribution in [0.2, 0.25) is 0 Å². The predicted octanol–water partition coefficient (Wildman–Crippen LogP) is 2.60. The number of anilines is 1. The molecule has 1 saturated heterocycles. The van der Waals surface area contributed by atoms with Crippen LogP contribution >= 0.6 is 0 Å². The van der Waals surface area contributed by atoms with Crippen LogP contribution in [0.3, 0.4) is 0 Å². The van der Waals surface area contributed by atoms with Crippen molar-refractivity contribution in [2.75, 3.05) is 31.1 Å². The molecule has 1 aliphatic heterocycles. The molecule has 1 fully saturated rings. The number of aliphatic hydroxyl groups is 2. The van der Waals surface area contributed by atoms with E-state index in [0.717, 1.165) is 29.4 Å². The van der Waals surface area contributed by atoms with Gasteiger partial charge >= 0.3 is 0 Å². The fourth-order valence-corrected chi connectivity index (χ4v) is 3.63. The maximum atomic E-state index is 12.3. The molecule has 1 aliphatic rings. The molecule has 3 N–H and O–H groups in total. The standard InChI is InChI=1S/C23H27N3O3/c1-16(22(13-24)23(29)25-14-21(28)15-27)17-5-6-19-12-20(8-7-18(19)11-17)26-9-3-2-4-10-26/h5-8,11-12,21,27-28H,2-4,9-10,14-15H2,1H3,(H,25,29)/b22-16-. The van der Waals surface area contributed by atoms with Gasteiger partial charge in [0.05, 0.1) is 12.7 Å². The molecule has 29 heavy (non-hydrogen) atoms. The Labute approximate surface area is 171 Å². The van der Waals surface area contributed by atoms with Gasteiger partial charge in [0.1, 0.15) is 11.6 Å². The van der Waals surface area contributed by atoms with E-state index in [9.17, 15) is 15.2 Å². The Morgan fingerprint density at radius 1 is 1.17 bits per heavy atom. The summed E-state index contributed by atoms with van der Waals surface area (Å²) in [5, 5.41) is 32.4. The molecule has 152 valence electrons. The average molecular weight is 393 g/mol. The van der Waals surface area contributed by atoms with E-state index in [-0.39, 0.29) is 12.1 Å². The van der Waals surface area contributed by atoms with Crippen LogP contribution in [0.4, 0.5) is 5.69 Å². The summed E-state index contributed by atoms with van der Waals surface area (Å²) < 4.78 is 0. The summed E-state index contributed by atoms with van der Waals surface area (Å²) in [6.45, 7) is 3.37. The van der Waals surface area contributed by atoms with Crippen molar-refractivity contribution in [2.24, 2.45) is 0 Å². The third-order valence-corrected chi connectivity index (χ3v) is 5.40. The normalized spacial score (nSPS) is 16.1. The molecule has 2 aromatic carbocycles. The lowest BCUT2D eigenvalue weighted by molar-refractivity contribution is -0.117. The fraction of sp³-hybridized carbons (Fsp3) is 0.391. The Hall–Kier alpha value is -2.88. The van der Waals surface area contributed by atoms with Crippen molar-refractivity contribution in [1.82, 2.24) is 5.32 Å². The van der Waals surface area contributed by atoms with Crippen molar-refractivity contribution in [2.45, 2.75) is 32.3 Å². The number of nitriles is 1. The van der Waals surface area contributed by atoms with Gasteiger partial charge in [-0.1, -0.05) is 18.2 Å². The van der Waals surface area contributed by atoms with Crippen molar-refractivity contribution in [3.63, 3.8) is 0 Å². The highest BCUT2D eigenvalue weighted by Gasteiger charge is 2.16. The van der Waals surface area contributed by atoms with Crippen molar-refractivity contribution in [3.8, 4) is 6.07 Å². The van der Waals surface area contributed by atoms with Gasteiger partial charge in [-0.2, -0.15) is 5.26 Å². The second kappa shape index (κ2) is 9.55. The molecule has 0 spiro atoms. The van der Waals surface area contributed by atoms with E-state index in [4.69, 9.17) is 5.11 Å². The molecule has 0 bridgehead atoms. The van der Waals surface area contributed by atoms with Crippen LogP contribution in [-0.2, 0) is 4.79 Å². The molecule has 0 aliphatic carbocycles. The molecule has 0 aromatic heterocycles. The lowest BCUT2D eigenvalue weighted by atomic mass is 9.98. The Morgan fingerprint density at radius 3 is 2.55 bits per heavy atom. The highest BCUT2D eigenvalue weighted by Crippen LogP contribution is 2.28. The number of allylic oxidation sites excluding steroid dienone is 1. The summed E-state index contributed by atoms with van der Waals surface area (Å²) in [6, 6.07) is 14.3. The zero-order chi connectivity index (χ0) is 20.8. The number of hydrogen-bond acceptors (Lipinski definition) is 5. The third kappa shape index (κ3) is 4.94. The Kier molecular flexibility index (Phi) is 6.86. The summed E-state index contributed by atoms with van der Waals surface area (Å²) in [7, 11) is 0. The predicted molar refractivity (Wildman–Crippen MR) is 114 cm³/mol. The molecular formula is C23H27N3O3. The van der Waals surface area contributed by atoms with Crippen LogP contribution in [0.1, 0.15) is 31.7 Å².